The number of aliphatic hydroxyl groups is 1. The van der Waals surface area contributed by atoms with Crippen LogP contribution in [-0.2, 0) is 13.1 Å². The van der Waals surface area contributed by atoms with Crippen molar-refractivity contribution in [1.82, 2.24) is 14.3 Å². The van der Waals surface area contributed by atoms with E-state index in [1.807, 2.05) is 24.6 Å². The first-order valence-electron chi connectivity index (χ1n) is 12.0. The molecule has 5 aromatic rings. The zero-order valence-corrected chi connectivity index (χ0v) is 22.2. The van der Waals surface area contributed by atoms with Gasteiger partial charge in [-0.2, -0.15) is 5.10 Å². The summed E-state index contributed by atoms with van der Waals surface area (Å²) in [4.78, 5) is 0. The molecule has 0 fully saturated rings. The van der Waals surface area contributed by atoms with Gasteiger partial charge in [-0.15, -0.1) is 0 Å². The van der Waals surface area contributed by atoms with Crippen LogP contribution in [-0.4, -0.2) is 25.6 Å². The summed E-state index contributed by atoms with van der Waals surface area (Å²) in [6.45, 7) is 9.21. The summed E-state index contributed by atoms with van der Waals surface area (Å²) in [6, 6.07) is 25.6. The first-order valence-corrected chi connectivity index (χ1v) is 12.8. The van der Waals surface area contributed by atoms with E-state index in [0.717, 1.165) is 27.1 Å². The smallest absolute Gasteiger partial charge is 0.0914 e. The summed E-state index contributed by atoms with van der Waals surface area (Å²) >= 11 is 3.61. The molecule has 1 N–H and O–H groups in total. The van der Waals surface area contributed by atoms with Crippen LogP contribution in [0.1, 0.15) is 22.5 Å². The van der Waals surface area contributed by atoms with E-state index < -0.39 is 6.10 Å². The number of halogens is 1. The Morgan fingerprint density at radius 2 is 1.49 bits per heavy atom. The molecule has 3 aromatic carbocycles. The fourth-order valence-corrected chi connectivity index (χ4v) is 5.46. The van der Waals surface area contributed by atoms with E-state index in [1.54, 1.807) is 0 Å². The van der Waals surface area contributed by atoms with Gasteiger partial charge in [0.05, 0.1) is 40.6 Å². The van der Waals surface area contributed by atoms with Crippen molar-refractivity contribution in [1.29, 1.82) is 0 Å². The molecule has 2 heterocycles. The average molecular weight is 528 g/mol. The van der Waals surface area contributed by atoms with Gasteiger partial charge < -0.3 is 9.67 Å². The molecule has 0 bridgehead atoms. The minimum absolute atomic E-state index is 0.428. The summed E-state index contributed by atoms with van der Waals surface area (Å²) in [6.07, 6.45) is -0.609. The largest absolute Gasteiger partial charge is 0.389 e. The third kappa shape index (κ3) is 4.35. The molecule has 1 atom stereocenters. The van der Waals surface area contributed by atoms with Crippen molar-refractivity contribution >= 4 is 26.8 Å². The molecule has 5 heteroatoms. The van der Waals surface area contributed by atoms with Gasteiger partial charge in [0.2, 0.25) is 0 Å². The molecule has 0 unspecified atom stereocenters. The fraction of sp³-hybridized carbons (Fsp3) is 0.233. The number of aliphatic hydroxyl groups excluding tert-OH is 1. The van der Waals surface area contributed by atoms with Crippen molar-refractivity contribution in [2.24, 2.45) is 0 Å². The van der Waals surface area contributed by atoms with E-state index in [0.29, 0.717) is 13.1 Å². The normalized spacial score (nSPS) is 12.4. The van der Waals surface area contributed by atoms with Crippen molar-refractivity contribution in [3.05, 3.63) is 99.8 Å². The second-order valence-corrected chi connectivity index (χ2v) is 10.2. The van der Waals surface area contributed by atoms with Gasteiger partial charge in [0.1, 0.15) is 0 Å². The topological polar surface area (TPSA) is 43.0 Å². The second kappa shape index (κ2) is 9.48. The Morgan fingerprint density at radius 1 is 0.857 bits per heavy atom. The van der Waals surface area contributed by atoms with Gasteiger partial charge in [0.15, 0.2) is 0 Å². The van der Waals surface area contributed by atoms with Crippen molar-refractivity contribution in [3.63, 3.8) is 0 Å². The van der Waals surface area contributed by atoms with Crippen LogP contribution in [0.3, 0.4) is 0 Å². The Morgan fingerprint density at radius 3 is 2.09 bits per heavy atom. The number of aryl methyl sites for hydroxylation is 3. The molecule has 0 spiro atoms. The number of fused-ring (bicyclic) bond motifs is 1. The lowest BCUT2D eigenvalue weighted by molar-refractivity contribution is 0.131. The molecular weight excluding hydrogens is 498 g/mol. The Kier molecular flexibility index (Phi) is 6.39. The van der Waals surface area contributed by atoms with Crippen molar-refractivity contribution < 1.29 is 5.11 Å². The predicted molar refractivity (Wildman–Crippen MR) is 148 cm³/mol. The maximum absolute atomic E-state index is 11.3. The predicted octanol–water partition coefficient (Wildman–Crippen LogP) is 7.23. The molecule has 2 aromatic heterocycles. The standard InChI is InChI=1S/C30H30BrN3O/c1-19-15-20(2)29-26(16-19)27(23-11-7-5-8-12-23)30(24-13-9-6-10-14-24)33(29)17-25(35)18-34-22(4)28(31)21(3)32-34/h5-16,25,35H,17-18H2,1-4H3/t25-/m0/s1. The van der Waals surface area contributed by atoms with Gasteiger partial charge in [-0.1, -0.05) is 72.3 Å². The van der Waals surface area contributed by atoms with E-state index in [2.05, 4.69) is 106 Å². The number of aromatic nitrogens is 3. The molecule has 178 valence electrons. The van der Waals surface area contributed by atoms with Crippen LogP contribution in [0.5, 0.6) is 0 Å². The molecule has 0 radical (unpaired) electrons. The van der Waals surface area contributed by atoms with Crippen LogP contribution in [0.2, 0.25) is 0 Å². The summed E-state index contributed by atoms with van der Waals surface area (Å²) in [5.74, 6) is 0. The van der Waals surface area contributed by atoms with E-state index in [9.17, 15) is 5.11 Å². The SMILES string of the molecule is Cc1cc(C)c2c(c1)c(-c1ccccc1)c(-c1ccccc1)n2C[C@H](O)Cn1nc(C)c(Br)c1C. The lowest BCUT2D eigenvalue weighted by Crippen LogP contribution is -2.24. The molecular formula is C30H30BrN3O. The highest BCUT2D eigenvalue weighted by molar-refractivity contribution is 9.10. The fourth-order valence-electron chi connectivity index (χ4n) is 5.18. The number of rotatable bonds is 6. The van der Waals surface area contributed by atoms with Crippen LogP contribution in [0.25, 0.3) is 33.3 Å². The van der Waals surface area contributed by atoms with Crippen molar-refractivity contribution in [2.45, 2.75) is 46.9 Å². The third-order valence-corrected chi connectivity index (χ3v) is 7.82. The number of hydrogen-bond acceptors (Lipinski definition) is 2. The van der Waals surface area contributed by atoms with Gasteiger partial charge in [-0.25, -0.2) is 0 Å². The van der Waals surface area contributed by atoms with Gasteiger partial charge in [0.25, 0.3) is 0 Å². The summed E-state index contributed by atoms with van der Waals surface area (Å²) in [5, 5.41) is 17.2. The quantitative estimate of drug-likeness (QED) is 0.253. The number of benzene rings is 3. The van der Waals surface area contributed by atoms with E-state index in [1.165, 1.54) is 33.2 Å². The highest BCUT2D eigenvalue weighted by Gasteiger charge is 2.23. The van der Waals surface area contributed by atoms with E-state index in [-0.39, 0.29) is 0 Å². The third-order valence-electron chi connectivity index (χ3n) is 6.67. The van der Waals surface area contributed by atoms with Gasteiger partial charge in [-0.3, -0.25) is 4.68 Å². The van der Waals surface area contributed by atoms with Crippen LogP contribution in [0.15, 0.2) is 77.3 Å². The summed E-state index contributed by atoms with van der Waals surface area (Å²) in [7, 11) is 0. The first kappa shape index (κ1) is 23.6. The zero-order chi connectivity index (χ0) is 24.7. The molecule has 0 amide bonds. The first-order chi connectivity index (χ1) is 16.8. The van der Waals surface area contributed by atoms with Gasteiger partial charge in [0, 0.05) is 16.6 Å². The molecule has 0 aliphatic rings. The minimum Gasteiger partial charge on any atom is -0.389 e. The minimum atomic E-state index is -0.609. The number of nitrogens with zero attached hydrogens (tertiary/aromatic N) is 3. The van der Waals surface area contributed by atoms with Crippen molar-refractivity contribution in [2.75, 3.05) is 0 Å². The molecule has 0 aliphatic carbocycles. The lowest BCUT2D eigenvalue weighted by Gasteiger charge is -2.18. The maximum atomic E-state index is 11.3. The number of hydrogen-bond donors (Lipinski definition) is 1. The van der Waals surface area contributed by atoms with Crippen molar-refractivity contribution in [3.8, 4) is 22.4 Å². The Hall–Kier alpha value is -3.15. The monoisotopic (exact) mass is 527 g/mol. The molecule has 0 saturated heterocycles. The average Bonchev–Trinajstić information content (AvgIpc) is 3.29. The highest BCUT2D eigenvalue weighted by atomic mass is 79.9. The molecule has 35 heavy (non-hydrogen) atoms. The summed E-state index contributed by atoms with van der Waals surface area (Å²) < 4.78 is 5.21. The lowest BCUT2D eigenvalue weighted by atomic mass is 9.97. The molecule has 0 aliphatic heterocycles. The van der Waals surface area contributed by atoms with Gasteiger partial charge >= 0.3 is 0 Å². The Balaban J connectivity index is 1.72. The van der Waals surface area contributed by atoms with Crippen LogP contribution < -0.4 is 0 Å². The molecule has 0 saturated carbocycles. The van der Waals surface area contributed by atoms with Crippen LogP contribution >= 0.6 is 15.9 Å². The van der Waals surface area contributed by atoms with E-state index >= 15 is 0 Å². The Labute approximate surface area is 215 Å². The van der Waals surface area contributed by atoms with E-state index in [4.69, 9.17) is 0 Å². The van der Waals surface area contributed by atoms with Crippen LogP contribution in [0, 0.1) is 27.7 Å². The Bertz CT molecular complexity index is 1500. The van der Waals surface area contributed by atoms with Crippen LogP contribution in [0.4, 0.5) is 0 Å². The summed E-state index contributed by atoms with van der Waals surface area (Å²) in [5.41, 5.74) is 10.2. The highest BCUT2D eigenvalue weighted by Crippen LogP contribution is 2.42. The van der Waals surface area contributed by atoms with Gasteiger partial charge in [-0.05, 0) is 66.4 Å². The second-order valence-electron chi connectivity index (χ2n) is 9.36. The maximum Gasteiger partial charge on any atom is 0.0914 e. The molecule has 4 nitrogen and oxygen atoms in total. The molecule has 5 rings (SSSR count). The zero-order valence-electron chi connectivity index (χ0n) is 20.6.